The molecular weight excluding hydrogens is 330 g/mol. The Morgan fingerprint density at radius 1 is 1.12 bits per heavy atom. The molecule has 0 radical (unpaired) electrons. The molecule has 0 aliphatic rings. The van der Waals surface area contributed by atoms with E-state index in [2.05, 4.69) is 10.3 Å². The summed E-state index contributed by atoms with van der Waals surface area (Å²) in [6, 6.07) is 13.5. The first-order valence-corrected chi connectivity index (χ1v) is 8.58. The average Bonchev–Trinajstić information content (AvgIpc) is 3.03. The van der Waals surface area contributed by atoms with Gasteiger partial charge in [0.05, 0.1) is 25.3 Å². The van der Waals surface area contributed by atoms with Crippen LogP contribution >= 0.6 is 0 Å². The molecule has 6 nitrogen and oxygen atoms in total. The third kappa shape index (κ3) is 3.64. The Hall–Kier alpha value is -3.02. The van der Waals surface area contributed by atoms with Crippen molar-refractivity contribution in [3.8, 4) is 11.5 Å². The fourth-order valence-corrected chi connectivity index (χ4v) is 2.96. The van der Waals surface area contributed by atoms with Gasteiger partial charge in [-0.05, 0) is 29.8 Å². The number of nitrogens with zero attached hydrogens (tertiary/aromatic N) is 2. The molecule has 0 aliphatic heterocycles. The van der Waals surface area contributed by atoms with Crippen LogP contribution in [-0.2, 0) is 24.3 Å². The molecule has 1 heterocycles. The molecule has 0 saturated carbocycles. The fourth-order valence-electron chi connectivity index (χ4n) is 2.96. The lowest BCUT2D eigenvalue weighted by Gasteiger charge is -2.11. The molecule has 0 unspecified atom stereocenters. The smallest absolute Gasteiger partial charge is 0.240 e. The number of nitrogens with one attached hydrogen (secondary N) is 1. The highest BCUT2D eigenvalue weighted by molar-refractivity contribution is 5.81. The predicted molar refractivity (Wildman–Crippen MR) is 101 cm³/mol. The number of para-hydroxylation sites is 2. The summed E-state index contributed by atoms with van der Waals surface area (Å²) in [6.07, 6.45) is 0.775. The maximum atomic E-state index is 12.5. The molecule has 1 aromatic heterocycles. The molecule has 6 heteroatoms. The monoisotopic (exact) mass is 353 g/mol. The molecule has 3 rings (SSSR count). The van der Waals surface area contributed by atoms with Gasteiger partial charge in [0.2, 0.25) is 5.91 Å². The molecule has 1 N–H and O–H groups in total. The normalized spacial score (nSPS) is 10.7. The lowest BCUT2D eigenvalue weighted by atomic mass is 10.2. The number of hydrogen-bond donors (Lipinski definition) is 1. The lowest BCUT2D eigenvalue weighted by molar-refractivity contribution is -0.121. The number of rotatable bonds is 7. The number of aromatic nitrogens is 2. The van der Waals surface area contributed by atoms with Crippen LogP contribution in [0.15, 0.2) is 42.5 Å². The number of carbonyl (C=O) groups excluding carboxylic acids is 1. The Kier molecular flexibility index (Phi) is 5.41. The van der Waals surface area contributed by atoms with Gasteiger partial charge < -0.3 is 19.4 Å². The molecular formula is C20H23N3O3. The quantitative estimate of drug-likeness (QED) is 0.709. The van der Waals surface area contributed by atoms with Crippen LogP contribution < -0.4 is 14.8 Å². The number of aryl methyl sites for hydroxylation is 1. The van der Waals surface area contributed by atoms with Crippen molar-refractivity contribution in [2.45, 2.75) is 26.4 Å². The van der Waals surface area contributed by atoms with Crippen molar-refractivity contribution in [1.29, 1.82) is 0 Å². The van der Waals surface area contributed by atoms with Gasteiger partial charge in [-0.3, -0.25) is 4.79 Å². The van der Waals surface area contributed by atoms with Crippen molar-refractivity contribution in [2.75, 3.05) is 14.2 Å². The van der Waals surface area contributed by atoms with E-state index in [1.807, 2.05) is 54.0 Å². The van der Waals surface area contributed by atoms with Gasteiger partial charge in [-0.15, -0.1) is 0 Å². The van der Waals surface area contributed by atoms with E-state index in [4.69, 9.17) is 9.47 Å². The molecule has 3 aromatic rings. The Balaban J connectivity index is 1.70. The number of benzene rings is 2. The van der Waals surface area contributed by atoms with Gasteiger partial charge in [0.25, 0.3) is 0 Å². The second-order valence-electron chi connectivity index (χ2n) is 5.92. The Morgan fingerprint density at radius 2 is 1.88 bits per heavy atom. The molecule has 26 heavy (non-hydrogen) atoms. The van der Waals surface area contributed by atoms with Crippen molar-refractivity contribution in [1.82, 2.24) is 14.9 Å². The van der Waals surface area contributed by atoms with Gasteiger partial charge in [0, 0.05) is 13.0 Å². The molecule has 136 valence electrons. The second kappa shape index (κ2) is 7.91. The number of imidazole rings is 1. The first-order valence-electron chi connectivity index (χ1n) is 8.58. The zero-order valence-electron chi connectivity index (χ0n) is 15.3. The number of ether oxygens (including phenoxy) is 2. The lowest BCUT2D eigenvalue weighted by Crippen LogP contribution is -2.27. The summed E-state index contributed by atoms with van der Waals surface area (Å²) < 4.78 is 12.5. The van der Waals surface area contributed by atoms with E-state index in [0.29, 0.717) is 18.0 Å². The van der Waals surface area contributed by atoms with Crippen LogP contribution in [0.25, 0.3) is 11.0 Å². The molecule has 1 amide bonds. The van der Waals surface area contributed by atoms with Gasteiger partial charge >= 0.3 is 0 Å². The number of methoxy groups -OCH3 is 2. The number of hydrogen-bond acceptors (Lipinski definition) is 4. The number of carbonyl (C=O) groups is 1. The first-order chi connectivity index (χ1) is 12.7. The predicted octanol–water partition coefficient (Wildman–Crippen LogP) is 2.93. The molecule has 0 saturated heterocycles. The summed E-state index contributed by atoms with van der Waals surface area (Å²) in [5.74, 6) is 2.17. The van der Waals surface area contributed by atoms with E-state index in [0.717, 1.165) is 28.8 Å². The molecule has 0 atom stereocenters. The Labute approximate surface area is 152 Å². The summed E-state index contributed by atoms with van der Waals surface area (Å²) in [4.78, 5) is 17.1. The third-order valence-electron chi connectivity index (χ3n) is 4.29. The van der Waals surface area contributed by atoms with Crippen molar-refractivity contribution in [3.63, 3.8) is 0 Å². The van der Waals surface area contributed by atoms with Crippen molar-refractivity contribution >= 4 is 16.9 Å². The highest BCUT2D eigenvalue weighted by atomic mass is 16.5. The summed E-state index contributed by atoms with van der Waals surface area (Å²) in [7, 11) is 3.19. The third-order valence-corrected chi connectivity index (χ3v) is 4.29. The minimum Gasteiger partial charge on any atom is -0.493 e. The van der Waals surface area contributed by atoms with Crippen LogP contribution in [-0.4, -0.2) is 29.7 Å². The average molecular weight is 353 g/mol. The van der Waals surface area contributed by atoms with Crippen LogP contribution in [0, 0.1) is 0 Å². The van der Waals surface area contributed by atoms with Crippen LogP contribution in [0.4, 0.5) is 0 Å². The second-order valence-corrected chi connectivity index (χ2v) is 5.92. The van der Waals surface area contributed by atoms with Crippen LogP contribution in [0.5, 0.6) is 11.5 Å². The van der Waals surface area contributed by atoms with Gasteiger partial charge in [0.1, 0.15) is 12.4 Å². The highest BCUT2D eigenvalue weighted by Gasteiger charge is 2.12. The summed E-state index contributed by atoms with van der Waals surface area (Å²) >= 11 is 0. The van der Waals surface area contributed by atoms with E-state index < -0.39 is 0 Å². The first kappa shape index (κ1) is 17.8. The van der Waals surface area contributed by atoms with Crippen molar-refractivity contribution in [3.05, 3.63) is 53.9 Å². The standard InChI is InChI=1S/C20H23N3O3/c1-4-19-22-15-7-5-6-8-16(15)23(19)13-20(24)21-12-14-9-10-17(25-2)18(11-14)26-3/h5-11H,4,12-13H2,1-3H3,(H,21,24). The topological polar surface area (TPSA) is 65.4 Å². The van der Waals surface area contributed by atoms with Crippen LogP contribution in [0.2, 0.25) is 0 Å². The Morgan fingerprint density at radius 3 is 2.62 bits per heavy atom. The number of fused-ring (bicyclic) bond motifs is 1. The van der Waals surface area contributed by atoms with E-state index in [9.17, 15) is 4.79 Å². The Bertz CT molecular complexity index is 918. The molecule has 0 aliphatic carbocycles. The largest absolute Gasteiger partial charge is 0.493 e. The maximum Gasteiger partial charge on any atom is 0.240 e. The summed E-state index contributed by atoms with van der Waals surface area (Å²) in [5.41, 5.74) is 2.84. The zero-order valence-corrected chi connectivity index (χ0v) is 15.3. The summed E-state index contributed by atoms with van der Waals surface area (Å²) in [5, 5.41) is 2.96. The van der Waals surface area contributed by atoms with Gasteiger partial charge in [-0.1, -0.05) is 25.1 Å². The molecule has 0 spiro atoms. The maximum absolute atomic E-state index is 12.5. The minimum atomic E-state index is -0.0577. The highest BCUT2D eigenvalue weighted by Crippen LogP contribution is 2.27. The fraction of sp³-hybridized carbons (Fsp3) is 0.300. The number of amides is 1. The van der Waals surface area contributed by atoms with Crippen LogP contribution in [0.3, 0.4) is 0 Å². The minimum absolute atomic E-state index is 0.0577. The van der Waals surface area contributed by atoms with Gasteiger partial charge in [-0.2, -0.15) is 0 Å². The molecule has 2 aromatic carbocycles. The molecule has 0 fully saturated rings. The van der Waals surface area contributed by atoms with E-state index >= 15 is 0 Å². The van der Waals surface area contributed by atoms with Crippen molar-refractivity contribution in [2.24, 2.45) is 0 Å². The molecule has 0 bridgehead atoms. The van der Waals surface area contributed by atoms with E-state index in [-0.39, 0.29) is 12.5 Å². The SMILES string of the molecule is CCc1nc2ccccc2n1CC(=O)NCc1ccc(OC)c(OC)c1. The van der Waals surface area contributed by atoms with Gasteiger partial charge in [-0.25, -0.2) is 4.98 Å². The van der Waals surface area contributed by atoms with Crippen LogP contribution in [0.1, 0.15) is 18.3 Å². The summed E-state index contributed by atoms with van der Waals surface area (Å²) in [6.45, 7) is 2.71. The zero-order chi connectivity index (χ0) is 18.5. The van der Waals surface area contributed by atoms with Crippen molar-refractivity contribution < 1.29 is 14.3 Å². The van der Waals surface area contributed by atoms with E-state index in [1.54, 1.807) is 14.2 Å². The van der Waals surface area contributed by atoms with Gasteiger partial charge in [0.15, 0.2) is 11.5 Å². The van der Waals surface area contributed by atoms with E-state index in [1.165, 1.54) is 0 Å².